The summed E-state index contributed by atoms with van der Waals surface area (Å²) < 4.78 is 0. The fraction of sp³-hybridized carbons (Fsp3) is 0.381. The van der Waals surface area contributed by atoms with Crippen LogP contribution in [0.2, 0.25) is 0 Å². The quantitative estimate of drug-likeness (QED) is 0.228. The van der Waals surface area contributed by atoms with E-state index in [0.29, 0.717) is 0 Å². The van der Waals surface area contributed by atoms with Crippen LogP contribution in [0.3, 0.4) is 0 Å². The number of rotatable bonds is 4. The Morgan fingerprint density at radius 1 is 0.370 bits per heavy atom. The van der Waals surface area contributed by atoms with Crippen LogP contribution < -0.4 is 19.6 Å². The Balaban J connectivity index is 1.52. The number of nitrogens with zero attached hydrogens (tertiary/aromatic N) is 4. The van der Waals surface area contributed by atoms with Crippen LogP contribution in [0, 0.1) is 83.1 Å². The molecule has 0 radical (unpaired) electrons. The van der Waals surface area contributed by atoms with Gasteiger partial charge in [-0.15, -0.1) is 0 Å². The monoisotopic (exact) mass is 610 g/mol. The van der Waals surface area contributed by atoms with Crippen LogP contribution in [0.1, 0.15) is 66.8 Å². The van der Waals surface area contributed by atoms with Gasteiger partial charge in [0, 0.05) is 35.8 Å². The number of anilines is 4. The van der Waals surface area contributed by atoms with Gasteiger partial charge in [0.25, 0.3) is 0 Å². The summed E-state index contributed by atoms with van der Waals surface area (Å²) in [4.78, 5) is 10.9. The molecule has 0 saturated carbocycles. The molecule has 2 aliphatic heterocycles. The predicted octanol–water partition coefficient (Wildman–Crippen LogP) is 9.62. The van der Waals surface area contributed by atoms with Crippen molar-refractivity contribution in [1.82, 2.24) is 0 Å². The second-order valence-corrected chi connectivity index (χ2v) is 14.7. The minimum atomic E-state index is -0.388. The first-order chi connectivity index (χ1) is 21.7. The molecule has 4 heteroatoms. The standard InChI is InChI=1S/C42H50N4/c1-24-15-28(5)36(29(6)16-24)43-23-44(37-30(7)17-25(2)18-31(37)8)41-40(43)42(41)45(38-32(9)19-26(3)20-33(38)10)13-14-46(42)39-34(11)21-27(4)22-35(39)12/h15-22H,13-14,23H2,1-12H3. The second kappa shape index (κ2) is 10.4. The van der Waals surface area contributed by atoms with Gasteiger partial charge >= 0.3 is 0 Å². The molecule has 46 heavy (non-hydrogen) atoms. The van der Waals surface area contributed by atoms with E-state index in [9.17, 15) is 0 Å². The predicted molar refractivity (Wildman–Crippen MR) is 197 cm³/mol. The molecule has 1 saturated heterocycles. The van der Waals surface area contributed by atoms with Crippen LogP contribution in [-0.4, -0.2) is 25.4 Å². The van der Waals surface area contributed by atoms with Gasteiger partial charge < -0.3 is 19.6 Å². The van der Waals surface area contributed by atoms with Crippen LogP contribution >= 0.6 is 0 Å². The Kier molecular flexibility index (Phi) is 6.90. The Labute approximate surface area is 277 Å². The molecule has 1 aliphatic carbocycles. The van der Waals surface area contributed by atoms with Gasteiger partial charge in [-0.3, -0.25) is 0 Å². The number of fused-ring (bicyclic) bond motifs is 2. The van der Waals surface area contributed by atoms with E-state index in [0.717, 1.165) is 19.8 Å². The smallest absolute Gasteiger partial charge is 0.201 e. The van der Waals surface area contributed by atoms with Crippen molar-refractivity contribution in [3.63, 3.8) is 0 Å². The highest BCUT2D eigenvalue weighted by Crippen LogP contribution is 2.65. The molecule has 4 aromatic carbocycles. The van der Waals surface area contributed by atoms with E-state index in [-0.39, 0.29) is 5.66 Å². The van der Waals surface area contributed by atoms with Gasteiger partial charge in [-0.1, -0.05) is 70.8 Å². The number of benzene rings is 4. The zero-order valence-corrected chi connectivity index (χ0v) is 30.0. The van der Waals surface area contributed by atoms with E-state index in [1.54, 1.807) is 0 Å². The van der Waals surface area contributed by atoms with Crippen LogP contribution in [-0.2, 0) is 0 Å². The van der Waals surface area contributed by atoms with E-state index in [1.807, 2.05) is 0 Å². The third-order valence-corrected chi connectivity index (χ3v) is 10.6. The highest BCUT2D eigenvalue weighted by molar-refractivity contribution is 5.92. The Morgan fingerprint density at radius 2 is 0.609 bits per heavy atom. The van der Waals surface area contributed by atoms with Crippen LogP contribution in [0.4, 0.5) is 22.7 Å². The molecule has 0 bridgehead atoms. The molecule has 0 amide bonds. The molecule has 238 valence electrons. The third-order valence-electron chi connectivity index (χ3n) is 10.6. The maximum absolute atomic E-state index is 2.76. The lowest BCUT2D eigenvalue weighted by Gasteiger charge is -2.45. The van der Waals surface area contributed by atoms with Gasteiger partial charge in [0.05, 0.1) is 18.1 Å². The first-order valence-electron chi connectivity index (χ1n) is 16.9. The fourth-order valence-corrected chi connectivity index (χ4v) is 9.64. The van der Waals surface area contributed by atoms with Gasteiger partial charge in [0.15, 0.2) is 0 Å². The van der Waals surface area contributed by atoms with Crippen molar-refractivity contribution in [1.29, 1.82) is 0 Å². The molecule has 4 aromatic rings. The molecule has 2 heterocycles. The first-order valence-corrected chi connectivity index (χ1v) is 16.9. The highest BCUT2D eigenvalue weighted by Gasteiger charge is 2.72. The van der Waals surface area contributed by atoms with Crippen molar-refractivity contribution in [3.8, 4) is 0 Å². The highest BCUT2D eigenvalue weighted by atomic mass is 15.6. The zero-order chi connectivity index (χ0) is 33.0. The summed E-state index contributed by atoms with van der Waals surface area (Å²) in [6.45, 7) is 30.0. The molecule has 0 aromatic heterocycles. The van der Waals surface area contributed by atoms with Gasteiger partial charge in [-0.2, -0.15) is 0 Å². The Morgan fingerprint density at radius 3 is 0.870 bits per heavy atom. The zero-order valence-electron chi connectivity index (χ0n) is 30.0. The number of hydrogen-bond donors (Lipinski definition) is 0. The fourth-order valence-electron chi connectivity index (χ4n) is 9.64. The summed E-state index contributed by atoms with van der Waals surface area (Å²) >= 11 is 0. The average molecular weight is 611 g/mol. The lowest BCUT2D eigenvalue weighted by atomic mass is 10.00. The summed E-state index contributed by atoms with van der Waals surface area (Å²) in [5.74, 6) is 0. The molecule has 0 unspecified atom stereocenters. The van der Waals surface area contributed by atoms with Crippen molar-refractivity contribution >= 4 is 22.7 Å². The van der Waals surface area contributed by atoms with E-state index >= 15 is 0 Å². The summed E-state index contributed by atoms with van der Waals surface area (Å²) in [5, 5.41) is 0. The summed E-state index contributed by atoms with van der Waals surface area (Å²) in [7, 11) is 0. The number of hydrogen-bond acceptors (Lipinski definition) is 4. The molecular weight excluding hydrogens is 560 g/mol. The molecule has 4 nitrogen and oxygen atoms in total. The van der Waals surface area contributed by atoms with Crippen LogP contribution in [0.5, 0.6) is 0 Å². The Hall–Kier alpha value is -4.18. The molecule has 7 rings (SSSR count). The topological polar surface area (TPSA) is 13.0 Å². The van der Waals surface area contributed by atoms with E-state index < -0.39 is 0 Å². The maximum Gasteiger partial charge on any atom is 0.201 e. The van der Waals surface area contributed by atoms with Crippen molar-refractivity contribution in [2.45, 2.75) is 88.7 Å². The van der Waals surface area contributed by atoms with Crippen LogP contribution in [0.25, 0.3) is 0 Å². The first kappa shape index (κ1) is 30.5. The minimum Gasteiger partial charge on any atom is -0.336 e. The second-order valence-electron chi connectivity index (χ2n) is 14.7. The van der Waals surface area contributed by atoms with Gasteiger partial charge in [-0.05, 0) is 128 Å². The summed E-state index contributed by atoms with van der Waals surface area (Å²) in [6.07, 6.45) is 0. The van der Waals surface area contributed by atoms with E-state index in [1.165, 1.54) is 101 Å². The van der Waals surface area contributed by atoms with Crippen molar-refractivity contribution < 1.29 is 0 Å². The van der Waals surface area contributed by atoms with Crippen LogP contribution in [0.15, 0.2) is 59.9 Å². The number of aryl methyl sites for hydroxylation is 12. The molecule has 0 atom stereocenters. The molecule has 1 fully saturated rings. The summed E-state index contributed by atoms with van der Waals surface area (Å²) in [6, 6.07) is 18.9. The van der Waals surface area contributed by atoms with E-state index in [2.05, 4.69) is 151 Å². The maximum atomic E-state index is 2.76. The Bertz CT molecular complexity index is 1740. The largest absolute Gasteiger partial charge is 0.336 e. The minimum absolute atomic E-state index is 0.388. The molecule has 1 spiro atoms. The molecular formula is C42H50N4. The molecule has 0 N–H and O–H groups in total. The molecule has 3 aliphatic rings. The third kappa shape index (κ3) is 4.25. The van der Waals surface area contributed by atoms with Crippen molar-refractivity contribution in [2.75, 3.05) is 39.4 Å². The van der Waals surface area contributed by atoms with Gasteiger partial charge in [-0.25, -0.2) is 0 Å². The normalized spacial score (nSPS) is 16.8. The van der Waals surface area contributed by atoms with Gasteiger partial charge in [0.1, 0.15) is 0 Å². The van der Waals surface area contributed by atoms with Crippen molar-refractivity contribution in [3.05, 3.63) is 127 Å². The van der Waals surface area contributed by atoms with Gasteiger partial charge in [0.2, 0.25) is 5.66 Å². The lowest BCUT2D eigenvalue weighted by molar-refractivity contribution is 0.620. The summed E-state index contributed by atoms with van der Waals surface area (Å²) in [5.41, 5.74) is 24.0. The lowest BCUT2D eigenvalue weighted by Crippen LogP contribution is -2.55. The SMILES string of the molecule is Cc1cc(C)c(N2CN(c3c(C)cc(C)cc3C)C3=C2C32N(c3c(C)cc(C)cc3C)CCN2c2c(C)cc(C)cc2C)c(C)c1. The van der Waals surface area contributed by atoms with E-state index in [4.69, 9.17) is 0 Å². The average Bonchev–Trinajstić information content (AvgIpc) is 3.24. The van der Waals surface area contributed by atoms with Crippen molar-refractivity contribution in [2.24, 2.45) is 0 Å².